The van der Waals surface area contributed by atoms with Crippen molar-refractivity contribution in [3.63, 3.8) is 0 Å². The molecule has 0 saturated heterocycles. The molecule has 0 aliphatic carbocycles. The lowest BCUT2D eigenvalue weighted by Gasteiger charge is -2.20. The van der Waals surface area contributed by atoms with Crippen LogP contribution in [0.25, 0.3) is 0 Å². The van der Waals surface area contributed by atoms with Gasteiger partial charge in [0.2, 0.25) is 0 Å². The summed E-state index contributed by atoms with van der Waals surface area (Å²) in [5, 5.41) is 13.3. The van der Waals surface area contributed by atoms with E-state index in [0.29, 0.717) is 12.2 Å². The molecule has 13 heavy (non-hydrogen) atoms. The Balaban J connectivity index is 2.75. The van der Waals surface area contributed by atoms with E-state index in [2.05, 4.69) is 5.10 Å². The van der Waals surface area contributed by atoms with Gasteiger partial charge >= 0.3 is 0 Å². The molecular formula is C9H17N3O. The Kier molecular flexibility index (Phi) is 2.61. The predicted molar refractivity (Wildman–Crippen MR) is 52.2 cm³/mol. The topological polar surface area (TPSA) is 64.1 Å². The van der Waals surface area contributed by atoms with Crippen LogP contribution in [-0.2, 0) is 6.54 Å². The third-order valence-electron chi connectivity index (χ3n) is 2.00. The number of nitrogens with zero attached hydrogens (tertiary/aromatic N) is 2. The van der Waals surface area contributed by atoms with Gasteiger partial charge in [0.25, 0.3) is 0 Å². The second-order valence-corrected chi connectivity index (χ2v) is 4.19. The number of aliphatic hydroxyl groups excluding tert-OH is 1. The molecular weight excluding hydrogens is 166 g/mol. The van der Waals surface area contributed by atoms with E-state index < -0.39 is 0 Å². The van der Waals surface area contributed by atoms with Crippen molar-refractivity contribution >= 4 is 5.69 Å². The SMILES string of the molecule is Cc1nn(CC(C)(C)CO)cc1N. The van der Waals surface area contributed by atoms with Crippen LogP contribution in [0.1, 0.15) is 19.5 Å². The van der Waals surface area contributed by atoms with Crippen LogP contribution < -0.4 is 5.73 Å². The molecule has 1 aromatic rings. The third-order valence-corrected chi connectivity index (χ3v) is 2.00. The number of nitrogens with two attached hydrogens (primary N) is 1. The zero-order valence-corrected chi connectivity index (χ0v) is 8.41. The fraction of sp³-hybridized carbons (Fsp3) is 0.667. The summed E-state index contributed by atoms with van der Waals surface area (Å²) in [6.07, 6.45) is 1.80. The summed E-state index contributed by atoms with van der Waals surface area (Å²) < 4.78 is 1.78. The quantitative estimate of drug-likeness (QED) is 0.728. The number of aliphatic hydroxyl groups is 1. The number of hydrogen-bond donors (Lipinski definition) is 2. The molecule has 74 valence electrons. The maximum Gasteiger partial charge on any atom is 0.0822 e. The first-order valence-electron chi connectivity index (χ1n) is 4.35. The minimum absolute atomic E-state index is 0.145. The van der Waals surface area contributed by atoms with E-state index in [-0.39, 0.29) is 12.0 Å². The monoisotopic (exact) mass is 183 g/mol. The number of anilines is 1. The van der Waals surface area contributed by atoms with Crippen molar-refractivity contribution in [1.29, 1.82) is 0 Å². The van der Waals surface area contributed by atoms with Gasteiger partial charge in [-0.05, 0) is 6.92 Å². The van der Waals surface area contributed by atoms with Crippen molar-refractivity contribution in [2.24, 2.45) is 5.41 Å². The molecule has 0 aliphatic rings. The average molecular weight is 183 g/mol. The van der Waals surface area contributed by atoms with Crippen molar-refractivity contribution in [2.75, 3.05) is 12.3 Å². The molecule has 0 aromatic carbocycles. The number of nitrogen functional groups attached to an aromatic ring is 1. The van der Waals surface area contributed by atoms with Crippen molar-refractivity contribution in [3.8, 4) is 0 Å². The van der Waals surface area contributed by atoms with Crippen LogP contribution in [0.2, 0.25) is 0 Å². The van der Waals surface area contributed by atoms with Crippen molar-refractivity contribution in [3.05, 3.63) is 11.9 Å². The van der Waals surface area contributed by atoms with Gasteiger partial charge in [-0.3, -0.25) is 4.68 Å². The molecule has 0 radical (unpaired) electrons. The summed E-state index contributed by atoms with van der Waals surface area (Å²) in [5.41, 5.74) is 7.05. The highest BCUT2D eigenvalue weighted by Gasteiger charge is 2.18. The molecule has 0 bridgehead atoms. The number of rotatable bonds is 3. The number of aryl methyl sites for hydroxylation is 1. The highest BCUT2D eigenvalue weighted by atomic mass is 16.3. The first-order valence-corrected chi connectivity index (χ1v) is 4.35. The molecule has 0 atom stereocenters. The standard InChI is InChI=1S/C9H17N3O/c1-7-8(10)4-12(11-7)5-9(2,3)6-13/h4,13H,5-6,10H2,1-3H3. The summed E-state index contributed by atoms with van der Waals surface area (Å²) in [6, 6.07) is 0. The van der Waals surface area contributed by atoms with E-state index in [4.69, 9.17) is 10.8 Å². The van der Waals surface area contributed by atoms with Crippen LogP contribution in [0, 0.1) is 12.3 Å². The highest BCUT2D eigenvalue weighted by molar-refractivity contribution is 5.39. The van der Waals surface area contributed by atoms with Gasteiger partial charge in [-0.15, -0.1) is 0 Å². The van der Waals surface area contributed by atoms with Gasteiger partial charge in [0.1, 0.15) is 0 Å². The van der Waals surface area contributed by atoms with E-state index in [1.807, 2.05) is 20.8 Å². The molecule has 4 nitrogen and oxygen atoms in total. The molecule has 0 fully saturated rings. The molecule has 0 aliphatic heterocycles. The van der Waals surface area contributed by atoms with Crippen molar-refractivity contribution in [2.45, 2.75) is 27.3 Å². The molecule has 1 aromatic heterocycles. The third kappa shape index (κ3) is 2.45. The van der Waals surface area contributed by atoms with Gasteiger partial charge in [-0.2, -0.15) is 5.10 Å². The van der Waals surface area contributed by atoms with Crippen LogP contribution in [0.5, 0.6) is 0 Å². The summed E-state index contributed by atoms with van der Waals surface area (Å²) in [5.74, 6) is 0. The van der Waals surface area contributed by atoms with Crippen molar-refractivity contribution < 1.29 is 5.11 Å². The van der Waals surface area contributed by atoms with Crippen LogP contribution in [0.15, 0.2) is 6.20 Å². The highest BCUT2D eigenvalue weighted by Crippen LogP contribution is 2.18. The molecule has 1 heterocycles. The van der Waals surface area contributed by atoms with Crippen LogP contribution in [0.4, 0.5) is 5.69 Å². The first-order chi connectivity index (χ1) is 5.94. The number of hydrogen-bond acceptors (Lipinski definition) is 3. The van der Waals surface area contributed by atoms with E-state index in [9.17, 15) is 0 Å². The van der Waals surface area contributed by atoms with Gasteiger partial charge in [0, 0.05) is 24.8 Å². The van der Waals surface area contributed by atoms with Gasteiger partial charge < -0.3 is 10.8 Å². The maximum atomic E-state index is 9.06. The minimum Gasteiger partial charge on any atom is -0.396 e. The maximum absolute atomic E-state index is 9.06. The summed E-state index contributed by atoms with van der Waals surface area (Å²) in [4.78, 5) is 0. The van der Waals surface area contributed by atoms with Crippen molar-refractivity contribution in [1.82, 2.24) is 9.78 Å². The Morgan fingerprint density at radius 1 is 1.62 bits per heavy atom. The fourth-order valence-electron chi connectivity index (χ4n) is 1.10. The number of aromatic nitrogens is 2. The van der Waals surface area contributed by atoms with E-state index in [0.717, 1.165) is 5.69 Å². The van der Waals surface area contributed by atoms with Gasteiger partial charge in [0.05, 0.1) is 11.4 Å². The molecule has 0 unspecified atom stereocenters. The first kappa shape index (κ1) is 10.1. The second kappa shape index (κ2) is 3.38. The molecule has 0 amide bonds. The molecule has 1 rings (SSSR count). The zero-order chi connectivity index (χ0) is 10.1. The van der Waals surface area contributed by atoms with Crippen LogP contribution in [0.3, 0.4) is 0 Å². The lowest BCUT2D eigenvalue weighted by Crippen LogP contribution is -2.24. The van der Waals surface area contributed by atoms with Gasteiger partial charge in [-0.25, -0.2) is 0 Å². The second-order valence-electron chi connectivity index (χ2n) is 4.19. The summed E-state index contributed by atoms with van der Waals surface area (Å²) in [7, 11) is 0. The largest absolute Gasteiger partial charge is 0.396 e. The Labute approximate surface area is 78.4 Å². The molecule has 0 saturated carbocycles. The van der Waals surface area contributed by atoms with Crippen LogP contribution >= 0.6 is 0 Å². The van der Waals surface area contributed by atoms with E-state index in [1.54, 1.807) is 10.9 Å². The molecule has 3 N–H and O–H groups in total. The normalized spacial score (nSPS) is 12.0. The summed E-state index contributed by atoms with van der Waals surface area (Å²) in [6.45, 7) is 6.67. The Morgan fingerprint density at radius 2 is 2.23 bits per heavy atom. The minimum atomic E-state index is -0.148. The fourth-order valence-corrected chi connectivity index (χ4v) is 1.10. The lowest BCUT2D eigenvalue weighted by atomic mass is 9.95. The Bertz CT molecular complexity index is 272. The zero-order valence-electron chi connectivity index (χ0n) is 8.41. The van der Waals surface area contributed by atoms with Gasteiger partial charge in [-0.1, -0.05) is 13.8 Å². The molecule has 4 heteroatoms. The van der Waals surface area contributed by atoms with E-state index >= 15 is 0 Å². The summed E-state index contributed by atoms with van der Waals surface area (Å²) >= 11 is 0. The molecule has 0 spiro atoms. The van der Waals surface area contributed by atoms with E-state index in [1.165, 1.54) is 0 Å². The van der Waals surface area contributed by atoms with Gasteiger partial charge in [0.15, 0.2) is 0 Å². The smallest absolute Gasteiger partial charge is 0.0822 e. The lowest BCUT2D eigenvalue weighted by molar-refractivity contribution is 0.136. The predicted octanol–water partition coefficient (Wildman–Crippen LogP) is 0.792. The Hall–Kier alpha value is -1.03. The Morgan fingerprint density at radius 3 is 2.62 bits per heavy atom. The average Bonchev–Trinajstić information content (AvgIpc) is 2.30. The van der Waals surface area contributed by atoms with Crippen LogP contribution in [-0.4, -0.2) is 21.5 Å².